The molecule has 0 fully saturated rings. The fourth-order valence-corrected chi connectivity index (χ4v) is 10.2. The van der Waals surface area contributed by atoms with Crippen molar-refractivity contribution in [1.29, 1.82) is 0 Å². The summed E-state index contributed by atoms with van der Waals surface area (Å²) in [6.45, 7) is 0. The van der Waals surface area contributed by atoms with E-state index in [4.69, 9.17) is 34.8 Å². The predicted octanol–water partition coefficient (Wildman–Crippen LogP) is 10.3. The molecule has 11 heteroatoms. The molecule has 42 heavy (non-hydrogen) atoms. The van der Waals surface area contributed by atoms with E-state index in [0.717, 1.165) is 27.5 Å². The summed E-state index contributed by atoms with van der Waals surface area (Å²) in [7, 11) is -8.72. The van der Waals surface area contributed by atoms with Crippen LogP contribution in [0.4, 0.5) is 26.0 Å². The van der Waals surface area contributed by atoms with Gasteiger partial charge in [-0.15, -0.1) is 0 Å². The number of benzene rings is 5. The van der Waals surface area contributed by atoms with Crippen LogP contribution in [0.5, 0.6) is 0 Å². The van der Waals surface area contributed by atoms with Crippen molar-refractivity contribution in [3.05, 3.63) is 159 Å². The monoisotopic (exact) mass is 654 g/mol. The smallest absolute Gasteiger partial charge is 0.418 e. The van der Waals surface area contributed by atoms with Crippen LogP contribution in [0.2, 0.25) is 15.1 Å². The highest BCUT2D eigenvalue weighted by molar-refractivity contribution is 7.96. The summed E-state index contributed by atoms with van der Waals surface area (Å²) in [6, 6.07) is 36.7. The van der Waals surface area contributed by atoms with Gasteiger partial charge in [0.2, 0.25) is 0 Å². The minimum absolute atomic E-state index is 0.428. The van der Waals surface area contributed by atoms with Gasteiger partial charge < -0.3 is 17.3 Å². The molecule has 216 valence electrons. The van der Waals surface area contributed by atoms with Crippen molar-refractivity contribution in [2.45, 2.75) is 5.66 Å². The standard InChI is InChI=1S/C31H21Cl3F2P.BF4/c32-23-6-12-28(13-7-23)37(29-14-8-24(33)9-15-29,30-16-10-25(34)11-17-30)31(21-4-2-1-3-5-21)22-18-26(35)20-27(36)19-22;2-1(3,4)5/h1-20,31H;/q+1;-1. The Kier molecular flexibility index (Phi) is 10.3. The van der Waals surface area contributed by atoms with Crippen LogP contribution in [0.25, 0.3) is 0 Å². The quantitative estimate of drug-likeness (QED) is 0.0971. The topological polar surface area (TPSA) is 0 Å². The van der Waals surface area contributed by atoms with Crippen LogP contribution in [0.15, 0.2) is 121 Å². The lowest BCUT2D eigenvalue weighted by atomic mass is 10.0. The molecular weight excluding hydrogens is 634 g/mol. The fraction of sp³-hybridized carbons (Fsp3) is 0.0323. The van der Waals surface area contributed by atoms with Crippen molar-refractivity contribution in [3.63, 3.8) is 0 Å². The van der Waals surface area contributed by atoms with Crippen molar-refractivity contribution in [2.24, 2.45) is 0 Å². The molecule has 0 aliphatic rings. The Morgan fingerprint density at radius 3 is 1.14 bits per heavy atom. The third-order valence-corrected chi connectivity index (χ3v) is 11.9. The van der Waals surface area contributed by atoms with Gasteiger partial charge in [-0.1, -0.05) is 65.1 Å². The van der Waals surface area contributed by atoms with Gasteiger partial charge in [0.15, 0.2) is 0 Å². The summed E-state index contributed by atoms with van der Waals surface area (Å²) in [5.41, 5.74) is 1.04. The zero-order chi connectivity index (χ0) is 30.5. The number of rotatable bonds is 6. The highest BCUT2D eigenvalue weighted by atomic mass is 35.5. The van der Waals surface area contributed by atoms with Crippen LogP contribution in [0.3, 0.4) is 0 Å². The van der Waals surface area contributed by atoms with E-state index >= 15 is 0 Å². The van der Waals surface area contributed by atoms with Gasteiger partial charge in [0.25, 0.3) is 0 Å². The van der Waals surface area contributed by atoms with Gasteiger partial charge >= 0.3 is 7.25 Å². The SMILES string of the molecule is F[B-](F)(F)F.Fc1cc(F)cc(C(c2ccccc2)[P+](c2ccc(Cl)cc2)(c2ccc(Cl)cc2)c2ccc(Cl)cc2)c1. The molecule has 0 bridgehead atoms. The van der Waals surface area contributed by atoms with Crippen LogP contribution in [-0.4, -0.2) is 7.25 Å². The first-order chi connectivity index (χ1) is 19.9. The Balaban J connectivity index is 0.000000748. The molecule has 0 aromatic heterocycles. The van der Waals surface area contributed by atoms with E-state index in [-0.39, 0.29) is 0 Å². The summed E-state index contributed by atoms with van der Waals surface area (Å²) in [5.74, 6) is -1.25. The second kappa shape index (κ2) is 13.6. The summed E-state index contributed by atoms with van der Waals surface area (Å²) in [5, 5.41) is 4.80. The lowest BCUT2D eigenvalue weighted by molar-refractivity contribution is 0.368. The number of hydrogen-bond donors (Lipinski definition) is 0. The summed E-state index contributed by atoms with van der Waals surface area (Å²) < 4.78 is 68.6. The Morgan fingerprint density at radius 2 is 0.810 bits per heavy atom. The van der Waals surface area contributed by atoms with Crippen molar-refractivity contribution < 1.29 is 26.0 Å². The highest BCUT2D eigenvalue weighted by Gasteiger charge is 2.54. The van der Waals surface area contributed by atoms with E-state index in [0.29, 0.717) is 20.6 Å². The van der Waals surface area contributed by atoms with Crippen LogP contribution in [-0.2, 0) is 0 Å². The molecule has 0 nitrogen and oxygen atoms in total. The van der Waals surface area contributed by atoms with Crippen LogP contribution in [0, 0.1) is 11.6 Å². The van der Waals surface area contributed by atoms with Gasteiger partial charge in [-0.2, -0.15) is 0 Å². The Labute approximate surface area is 255 Å². The zero-order valence-corrected chi connectivity index (χ0v) is 24.7. The van der Waals surface area contributed by atoms with E-state index in [9.17, 15) is 26.0 Å². The summed E-state index contributed by atoms with van der Waals surface area (Å²) >= 11 is 19.0. The molecule has 0 spiro atoms. The largest absolute Gasteiger partial charge is 0.673 e. The molecule has 0 saturated carbocycles. The molecule has 0 amide bonds. The summed E-state index contributed by atoms with van der Waals surface area (Å²) in [6.07, 6.45) is 0. The molecule has 0 saturated heterocycles. The lowest BCUT2D eigenvalue weighted by Gasteiger charge is -2.35. The van der Waals surface area contributed by atoms with Gasteiger partial charge in [0, 0.05) is 26.7 Å². The molecule has 1 unspecified atom stereocenters. The van der Waals surface area contributed by atoms with Gasteiger partial charge in [-0.3, -0.25) is 0 Å². The van der Waals surface area contributed by atoms with Gasteiger partial charge in [-0.05, 0) is 90.5 Å². The zero-order valence-electron chi connectivity index (χ0n) is 21.6. The van der Waals surface area contributed by atoms with E-state index < -0.39 is 31.8 Å². The minimum atomic E-state index is -6.00. The van der Waals surface area contributed by atoms with Crippen LogP contribution in [0.1, 0.15) is 16.8 Å². The molecule has 1 atom stereocenters. The molecule has 0 aliphatic carbocycles. The third kappa shape index (κ3) is 7.70. The number of hydrogen-bond acceptors (Lipinski definition) is 0. The molecule has 0 aliphatic heterocycles. The normalized spacial score (nSPS) is 12.3. The fourth-order valence-electron chi connectivity index (χ4n) is 4.93. The second-order valence-corrected chi connectivity index (χ2v) is 14.0. The van der Waals surface area contributed by atoms with Gasteiger partial charge in [0.1, 0.15) is 40.5 Å². The average molecular weight is 656 g/mol. The van der Waals surface area contributed by atoms with E-state index in [1.807, 2.05) is 103 Å². The van der Waals surface area contributed by atoms with Crippen molar-refractivity contribution in [1.82, 2.24) is 0 Å². The first kappa shape index (κ1) is 32.0. The Hall–Kier alpha value is -2.96. The molecule has 5 aromatic rings. The Morgan fingerprint density at radius 1 is 0.476 bits per heavy atom. The molecule has 0 heterocycles. The van der Waals surface area contributed by atoms with Gasteiger partial charge in [-0.25, -0.2) is 8.78 Å². The van der Waals surface area contributed by atoms with Crippen LogP contribution < -0.4 is 15.9 Å². The maximum absolute atomic E-state index is 14.8. The third-order valence-electron chi connectivity index (χ3n) is 6.40. The predicted molar refractivity (Wildman–Crippen MR) is 165 cm³/mol. The van der Waals surface area contributed by atoms with Crippen molar-refractivity contribution >= 4 is 65.2 Å². The van der Waals surface area contributed by atoms with Crippen LogP contribution >= 0.6 is 42.1 Å². The molecule has 0 radical (unpaired) electrons. The van der Waals surface area contributed by atoms with E-state index in [2.05, 4.69) is 0 Å². The number of halogens is 9. The first-order valence-corrected chi connectivity index (χ1v) is 15.4. The first-order valence-electron chi connectivity index (χ1n) is 12.4. The van der Waals surface area contributed by atoms with Crippen molar-refractivity contribution in [3.8, 4) is 0 Å². The molecular formula is C31H21BCl3F6P. The molecule has 5 rings (SSSR count). The van der Waals surface area contributed by atoms with E-state index in [1.54, 1.807) is 0 Å². The maximum atomic E-state index is 14.8. The maximum Gasteiger partial charge on any atom is 0.673 e. The summed E-state index contributed by atoms with van der Waals surface area (Å²) in [4.78, 5) is 0. The Bertz CT molecular complexity index is 1480. The highest BCUT2D eigenvalue weighted by Crippen LogP contribution is 2.69. The minimum Gasteiger partial charge on any atom is -0.418 e. The average Bonchev–Trinajstić information content (AvgIpc) is 2.92. The van der Waals surface area contributed by atoms with Gasteiger partial charge in [0.05, 0.1) is 0 Å². The van der Waals surface area contributed by atoms with Crippen molar-refractivity contribution in [2.75, 3.05) is 0 Å². The second-order valence-electron chi connectivity index (χ2n) is 9.16. The van der Waals surface area contributed by atoms with E-state index in [1.165, 1.54) is 12.1 Å². The lowest BCUT2D eigenvalue weighted by Crippen LogP contribution is -2.36. The molecule has 5 aromatic carbocycles. The molecule has 0 N–H and O–H groups in total.